The van der Waals surface area contributed by atoms with Crippen molar-refractivity contribution >= 4 is 33.2 Å². The van der Waals surface area contributed by atoms with E-state index in [1.807, 2.05) is 13.8 Å². The molecular formula is C24H25N3O4S. The third-order valence-corrected chi connectivity index (χ3v) is 5.92. The van der Waals surface area contributed by atoms with Crippen LogP contribution in [0.25, 0.3) is 0 Å². The maximum Gasteiger partial charge on any atom is 0.261 e. The zero-order chi connectivity index (χ0) is 23.1. The third-order valence-electron chi connectivity index (χ3n) is 4.52. The van der Waals surface area contributed by atoms with Crippen LogP contribution in [0.5, 0.6) is 0 Å². The molecule has 0 aromatic heterocycles. The van der Waals surface area contributed by atoms with Gasteiger partial charge in [-0.2, -0.15) is 0 Å². The molecule has 0 fully saturated rings. The van der Waals surface area contributed by atoms with Gasteiger partial charge >= 0.3 is 0 Å². The topological polar surface area (TPSA) is 104 Å². The minimum atomic E-state index is -3.78. The van der Waals surface area contributed by atoms with Crippen LogP contribution in [0.2, 0.25) is 0 Å². The minimum Gasteiger partial charge on any atom is -0.352 e. The number of para-hydroxylation sites is 1. The first-order valence-electron chi connectivity index (χ1n) is 10.1. The monoisotopic (exact) mass is 451 g/mol. The molecule has 0 aliphatic heterocycles. The van der Waals surface area contributed by atoms with Crippen molar-refractivity contribution in [1.82, 2.24) is 5.32 Å². The van der Waals surface area contributed by atoms with Crippen LogP contribution in [0, 0.1) is 5.92 Å². The van der Waals surface area contributed by atoms with Crippen molar-refractivity contribution < 1.29 is 18.0 Å². The molecular weight excluding hydrogens is 426 g/mol. The summed E-state index contributed by atoms with van der Waals surface area (Å²) in [5.41, 5.74) is 1.22. The molecule has 3 rings (SSSR count). The fourth-order valence-electron chi connectivity index (χ4n) is 2.91. The van der Waals surface area contributed by atoms with Gasteiger partial charge in [-0.05, 0) is 48.4 Å². The van der Waals surface area contributed by atoms with Crippen molar-refractivity contribution in [2.24, 2.45) is 5.92 Å². The molecule has 166 valence electrons. The molecule has 0 saturated carbocycles. The lowest BCUT2D eigenvalue weighted by atomic mass is 10.1. The molecule has 0 heterocycles. The molecule has 32 heavy (non-hydrogen) atoms. The van der Waals surface area contributed by atoms with Gasteiger partial charge in [0.2, 0.25) is 0 Å². The zero-order valence-electron chi connectivity index (χ0n) is 17.8. The summed E-state index contributed by atoms with van der Waals surface area (Å²) in [6, 6.07) is 20.8. The fraction of sp³-hybridized carbons (Fsp3) is 0.167. The number of carbonyl (C=O) groups is 2. The molecule has 3 aromatic carbocycles. The maximum atomic E-state index is 12.8. The Balaban J connectivity index is 1.77. The van der Waals surface area contributed by atoms with Crippen LogP contribution in [0.4, 0.5) is 11.4 Å². The van der Waals surface area contributed by atoms with Crippen LogP contribution in [0.15, 0.2) is 83.8 Å². The van der Waals surface area contributed by atoms with E-state index in [1.54, 1.807) is 60.7 Å². The highest BCUT2D eigenvalue weighted by Gasteiger charge is 2.17. The number of hydrogen-bond donors (Lipinski definition) is 3. The lowest BCUT2D eigenvalue weighted by Crippen LogP contribution is -2.28. The number of benzene rings is 3. The summed E-state index contributed by atoms with van der Waals surface area (Å²) in [4.78, 5) is 25.4. The standard InChI is InChI=1S/C24H25N3O4S/c1-17(2)16-25-24(29)21-13-6-7-14-22(21)26-23(28)18-9-8-10-19(15-18)27-32(30,31)20-11-4-3-5-12-20/h3-15,17,27H,16H2,1-2H3,(H,25,29)(H,26,28). The van der Waals surface area contributed by atoms with Gasteiger partial charge in [-0.15, -0.1) is 0 Å². The second-order valence-corrected chi connectivity index (χ2v) is 9.29. The summed E-state index contributed by atoms with van der Waals surface area (Å²) in [5, 5.41) is 5.58. The van der Waals surface area contributed by atoms with E-state index in [4.69, 9.17) is 0 Å². The average Bonchev–Trinajstić information content (AvgIpc) is 2.78. The number of amides is 2. The average molecular weight is 452 g/mol. The normalized spacial score (nSPS) is 11.1. The number of anilines is 2. The Morgan fingerprint density at radius 3 is 2.25 bits per heavy atom. The van der Waals surface area contributed by atoms with Crippen molar-refractivity contribution in [3.8, 4) is 0 Å². The Hall–Kier alpha value is -3.65. The summed E-state index contributed by atoms with van der Waals surface area (Å²) in [5.74, 6) is -0.447. The van der Waals surface area contributed by atoms with E-state index in [2.05, 4.69) is 15.4 Å². The second kappa shape index (κ2) is 10.1. The smallest absolute Gasteiger partial charge is 0.261 e. The van der Waals surface area contributed by atoms with Crippen LogP contribution in [0.3, 0.4) is 0 Å². The van der Waals surface area contributed by atoms with Gasteiger partial charge < -0.3 is 10.6 Å². The van der Waals surface area contributed by atoms with Gasteiger partial charge in [0.15, 0.2) is 0 Å². The summed E-state index contributed by atoms with van der Waals surface area (Å²) < 4.78 is 27.6. The SMILES string of the molecule is CC(C)CNC(=O)c1ccccc1NC(=O)c1cccc(NS(=O)(=O)c2ccccc2)c1. The van der Waals surface area contributed by atoms with E-state index in [1.165, 1.54) is 18.2 Å². The van der Waals surface area contributed by atoms with Crippen molar-refractivity contribution in [2.45, 2.75) is 18.7 Å². The van der Waals surface area contributed by atoms with Gasteiger partial charge in [-0.25, -0.2) is 8.42 Å². The first-order valence-corrected chi connectivity index (χ1v) is 11.6. The second-order valence-electron chi connectivity index (χ2n) is 7.60. The van der Waals surface area contributed by atoms with E-state index in [0.29, 0.717) is 23.7 Å². The quantitative estimate of drug-likeness (QED) is 0.479. The molecule has 0 spiro atoms. The first kappa shape index (κ1) is 23.0. The van der Waals surface area contributed by atoms with Crippen molar-refractivity contribution in [3.63, 3.8) is 0 Å². The third kappa shape index (κ3) is 5.95. The van der Waals surface area contributed by atoms with Crippen LogP contribution in [0.1, 0.15) is 34.6 Å². The highest BCUT2D eigenvalue weighted by molar-refractivity contribution is 7.92. The summed E-state index contributed by atoms with van der Waals surface area (Å²) in [6.07, 6.45) is 0. The Bertz CT molecular complexity index is 1210. The lowest BCUT2D eigenvalue weighted by molar-refractivity contribution is 0.0950. The molecule has 7 nitrogen and oxygen atoms in total. The Kier molecular flexibility index (Phi) is 7.27. The van der Waals surface area contributed by atoms with Gasteiger partial charge in [0.05, 0.1) is 16.1 Å². The van der Waals surface area contributed by atoms with Gasteiger partial charge in [-0.1, -0.05) is 50.2 Å². The first-order chi connectivity index (χ1) is 15.3. The molecule has 2 amide bonds. The predicted octanol–water partition coefficient (Wildman–Crippen LogP) is 4.13. The Morgan fingerprint density at radius 1 is 0.844 bits per heavy atom. The summed E-state index contributed by atoms with van der Waals surface area (Å²) in [6.45, 7) is 4.50. The van der Waals surface area contributed by atoms with E-state index in [9.17, 15) is 18.0 Å². The molecule has 0 aliphatic carbocycles. The highest BCUT2D eigenvalue weighted by atomic mass is 32.2. The van der Waals surface area contributed by atoms with Gasteiger partial charge in [0.25, 0.3) is 21.8 Å². The largest absolute Gasteiger partial charge is 0.352 e. The van der Waals surface area contributed by atoms with Gasteiger partial charge in [0, 0.05) is 17.8 Å². The van der Waals surface area contributed by atoms with Crippen LogP contribution in [-0.2, 0) is 10.0 Å². The van der Waals surface area contributed by atoms with E-state index in [-0.39, 0.29) is 22.1 Å². The van der Waals surface area contributed by atoms with Crippen molar-refractivity contribution in [3.05, 3.63) is 90.0 Å². The molecule has 8 heteroatoms. The van der Waals surface area contributed by atoms with E-state index in [0.717, 1.165) is 0 Å². The number of rotatable bonds is 8. The maximum absolute atomic E-state index is 12.8. The highest BCUT2D eigenvalue weighted by Crippen LogP contribution is 2.20. The predicted molar refractivity (Wildman–Crippen MR) is 125 cm³/mol. The molecule has 0 saturated heterocycles. The van der Waals surface area contributed by atoms with Crippen molar-refractivity contribution in [1.29, 1.82) is 0 Å². The van der Waals surface area contributed by atoms with E-state index < -0.39 is 15.9 Å². The van der Waals surface area contributed by atoms with Crippen LogP contribution < -0.4 is 15.4 Å². The van der Waals surface area contributed by atoms with Gasteiger partial charge in [-0.3, -0.25) is 14.3 Å². The zero-order valence-corrected chi connectivity index (χ0v) is 18.6. The van der Waals surface area contributed by atoms with Crippen LogP contribution >= 0.6 is 0 Å². The molecule has 0 atom stereocenters. The van der Waals surface area contributed by atoms with E-state index >= 15 is 0 Å². The molecule has 3 aromatic rings. The summed E-state index contributed by atoms with van der Waals surface area (Å²) >= 11 is 0. The number of sulfonamides is 1. The number of carbonyl (C=O) groups excluding carboxylic acids is 2. The molecule has 0 bridgehead atoms. The molecule has 0 unspecified atom stereocenters. The lowest BCUT2D eigenvalue weighted by Gasteiger charge is -2.13. The van der Waals surface area contributed by atoms with Crippen LogP contribution in [-0.4, -0.2) is 26.8 Å². The fourth-order valence-corrected chi connectivity index (χ4v) is 3.98. The Labute approximate surface area is 187 Å². The Morgan fingerprint density at radius 2 is 1.53 bits per heavy atom. The minimum absolute atomic E-state index is 0.121. The van der Waals surface area contributed by atoms with Gasteiger partial charge in [0.1, 0.15) is 0 Å². The molecule has 0 aliphatic rings. The molecule has 0 radical (unpaired) electrons. The van der Waals surface area contributed by atoms with Crippen molar-refractivity contribution in [2.75, 3.05) is 16.6 Å². The number of hydrogen-bond acceptors (Lipinski definition) is 4. The summed E-state index contributed by atoms with van der Waals surface area (Å²) in [7, 11) is -3.78. The number of nitrogens with one attached hydrogen (secondary N) is 3. The molecule has 3 N–H and O–H groups in total.